The van der Waals surface area contributed by atoms with Crippen LogP contribution in [0.2, 0.25) is 0 Å². The minimum absolute atomic E-state index is 0.147. The number of carbonyl (C=O) groups is 2. The lowest BCUT2D eigenvalue weighted by atomic mass is 10.1. The van der Waals surface area contributed by atoms with E-state index < -0.39 is 11.8 Å². The van der Waals surface area contributed by atoms with Crippen LogP contribution < -0.4 is 5.32 Å². The topological polar surface area (TPSA) is 73.2 Å². The summed E-state index contributed by atoms with van der Waals surface area (Å²) in [5.74, 6) is -1.31. The average molecular weight is 229 g/mol. The van der Waals surface area contributed by atoms with Crippen molar-refractivity contribution in [2.45, 2.75) is 13.1 Å². The molecular weight excluding hydrogens is 218 g/mol. The number of hydrogen-bond donors (Lipinski definition) is 1. The molecule has 0 atom stereocenters. The molecule has 0 spiro atoms. The Balaban J connectivity index is 2.01. The van der Waals surface area contributed by atoms with Crippen LogP contribution in [0.4, 0.5) is 0 Å². The largest absolute Gasteiger partial charge is 0.335 e. The molecule has 5 heteroatoms. The lowest BCUT2D eigenvalue weighted by molar-refractivity contribution is -0.146. The van der Waals surface area contributed by atoms with Gasteiger partial charge in [0.15, 0.2) is 0 Å². The summed E-state index contributed by atoms with van der Waals surface area (Å²) >= 11 is 0. The fraction of sp³-hybridized carbons (Fsp3) is 0.250. The van der Waals surface area contributed by atoms with E-state index in [1.807, 2.05) is 24.3 Å². The smallest absolute Gasteiger partial charge is 0.312 e. The molecular formula is C12H11N3O2. The highest BCUT2D eigenvalue weighted by Crippen LogP contribution is 2.21. The third-order valence-corrected chi connectivity index (χ3v) is 2.65. The number of nitrogens with one attached hydrogen (secondary N) is 1. The first-order valence-electron chi connectivity index (χ1n) is 5.23. The van der Waals surface area contributed by atoms with E-state index in [1.54, 1.807) is 6.07 Å². The van der Waals surface area contributed by atoms with Crippen LogP contribution in [0.15, 0.2) is 24.3 Å². The second-order valence-corrected chi connectivity index (χ2v) is 3.77. The third kappa shape index (κ3) is 2.26. The summed E-state index contributed by atoms with van der Waals surface area (Å²) in [6.45, 7) is 0.759. The number of carbonyl (C=O) groups excluding carboxylic acids is 2. The Kier molecular flexibility index (Phi) is 3.06. The van der Waals surface area contributed by atoms with Crippen molar-refractivity contribution in [2.24, 2.45) is 0 Å². The molecule has 0 bridgehead atoms. The van der Waals surface area contributed by atoms with Gasteiger partial charge in [0.25, 0.3) is 0 Å². The maximum Gasteiger partial charge on any atom is 0.312 e. The first-order chi connectivity index (χ1) is 8.22. The van der Waals surface area contributed by atoms with Crippen LogP contribution in [0.5, 0.6) is 0 Å². The predicted molar refractivity (Wildman–Crippen MR) is 59.3 cm³/mol. The van der Waals surface area contributed by atoms with Crippen molar-refractivity contribution in [3.8, 4) is 6.07 Å². The van der Waals surface area contributed by atoms with Gasteiger partial charge in [-0.2, -0.15) is 5.26 Å². The highest BCUT2D eigenvalue weighted by Gasteiger charge is 2.27. The number of hydrogen-bond acceptors (Lipinski definition) is 3. The van der Waals surface area contributed by atoms with E-state index in [2.05, 4.69) is 5.32 Å². The fourth-order valence-corrected chi connectivity index (χ4v) is 1.82. The van der Waals surface area contributed by atoms with Crippen molar-refractivity contribution in [2.75, 3.05) is 6.54 Å². The van der Waals surface area contributed by atoms with E-state index in [4.69, 9.17) is 5.26 Å². The molecule has 86 valence electrons. The summed E-state index contributed by atoms with van der Waals surface area (Å²) in [6, 6.07) is 9.45. The molecule has 1 aliphatic heterocycles. The predicted octanol–water partition coefficient (Wildman–Crippen LogP) is 0.169. The zero-order chi connectivity index (χ0) is 12.3. The van der Waals surface area contributed by atoms with Gasteiger partial charge < -0.3 is 10.2 Å². The zero-order valence-corrected chi connectivity index (χ0v) is 9.14. The molecule has 1 aromatic rings. The molecule has 1 aliphatic rings. The van der Waals surface area contributed by atoms with Gasteiger partial charge in [-0.05, 0) is 11.1 Å². The van der Waals surface area contributed by atoms with Gasteiger partial charge in [-0.15, -0.1) is 0 Å². The number of rotatable bonds is 1. The maximum absolute atomic E-state index is 11.7. The summed E-state index contributed by atoms with van der Waals surface area (Å²) in [7, 11) is 0. The minimum atomic E-state index is -0.723. The molecule has 1 N–H and O–H groups in total. The molecule has 0 unspecified atom stereocenters. The van der Waals surface area contributed by atoms with E-state index in [1.165, 1.54) is 4.90 Å². The van der Waals surface area contributed by atoms with Crippen LogP contribution >= 0.6 is 0 Å². The Morgan fingerprint density at radius 2 is 1.88 bits per heavy atom. The van der Waals surface area contributed by atoms with Crippen molar-refractivity contribution < 1.29 is 9.59 Å². The lowest BCUT2D eigenvalue weighted by Gasteiger charge is -2.13. The maximum atomic E-state index is 11.7. The monoisotopic (exact) mass is 229 g/mol. The number of fused-ring (bicyclic) bond motifs is 1. The summed E-state index contributed by atoms with van der Waals surface area (Å²) < 4.78 is 0. The van der Waals surface area contributed by atoms with Gasteiger partial charge in [-0.1, -0.05) is 24.3 Å². The van der Waals surface area contributed by atoms with Crippen LogP contribution in [0, 0.1) is 11.3 Å². The average Bonchev–Trinajstić information content (AvgIpc) is 2.78. The third-order valence-electron chi connectivity index (χ3n) is 2.65. The van der Waals surface area contributed by atoms with Crippen LogP contribution in [0.25, 0.3) is 0 Å². The van der Waals surface area contributed by atoms with Gasteiger partial charge in [0, 0.05) is 13.1 Å². The Bertz CT molecular complexity index is 480. The summed E-state index contributed by atoms with van der Waals surface area (Å²) in [6.07, 6.45) is 0. The molecule has 1 aromatic carbocycles. The Labute approximate surface area is 98.6 Å². The fourth-order valence-electron chi connectivity index (χ4n) is 1.82. The molecule has 0 aromatic heterocycles. The molecule has 2 rings (SSSR count). The summed E-state index contributed by atoms with van der Waals surface area (Å²) in [4.78, 5) is 24.6. The van der Waals surface area contributed by atoms with E-state index in [0.29, 0.717) is 13.1 Å². The van der Waals surface area contributed by atoms with Gasteiger partial charge in [-0.25, -0.2) is 0 Å². The van der Waals surface area contributed by atoms with Gasteiger partial charge in [-0.3, -0.25) is 9.59 Å². The number of amides is 2. The standard InChI is InChI=1S/C12H11N3O2/c13-5-6-14-11(16)12(17)15-7-9-3-1-2-4-10(9)8-15/h1-4H,6-8H2,(H,14,16). The van der Waals surface area contributed by atoms with Gasteiger partial charge in [0.2, 0.25) is 0 Å². The Hall–Kier alpha value is -2.35. The second-order valence-electron chi connectivity index (χ2n) is 3.77. The molecule has 17 heavy (non-hydrogen) atoms. The van der Waals surface area contributed by atoms with Crippen molar-refractivity contribution in [1.82, 2.24) is 10.2 Å². The number of nitriles is 1. The van der Waals surface area contributed by atoms with Crippen molar-refractivity contribution in [3.05, 3.63) is 35.4 Å². The highest BCUT2D eigenvalue weighted by molar-refractivity contribution is 6.35. The van der Waals surface area contributed by atoms with E-state index >= 15 is 0 Å². The Morgan fingerprint density at radius 1 is 1.29 bits per heavy atom. The normalized spacial score (nSPS) is 12.8. The van der Waals surface area contributed by atoms with Crippen LogP contribution in [-0.4, -0.2) is 23.3 Å². The van der Waals surface area contributed by atoms with E-state index in [-0.39, 0.29) is 6.54 Å². The first kappa shape index (κ1) is 11.1. The molecule has 2 amide bonds. The van der Waals surface area contributed by atoms with Gasteiger partial charge in [0.05, 0.1) is 6.07 Å². The Morgan fingerprint density at radius 3 is 2.41 bits per heavy atom. The van der Waals surface area contributed by atoms with Gasteiger partial charge in [0.1, 0.15) is 6.54 Å². The lowest BCUT2D eigenvalue weighted by Crippen LogP contribution is -2.40. The molecule has 1 heterocycles. The summed E-state index contributed by atoms with van der Waals surface area (Å²) in [5.41, 5.74) is 2.13. The summed E-state index contributed by atoms with van der Waals surface area (Å²) in [5, 5.41) is 10.6. The van der Waals surface area contributed by atoms with Crippen molar-refractivity contribution in [1.29, 1.82) is 5.26 Å². The molecule has 0 aliphatic carbocycles. The number of benzene rings is 1. The molecule has 0 saturated carbocycles. The quantitative estimate of drug-likeness (QED) is 0.551. The SMILES string of the molecule is N#CCNC(=O)C(=O)N1Cc2ccccc2C1. The van der Waals surface area contributed by atoms with E-state index in [9.17, 15) is 9.59 Å². The molecule has 0 saturated heterocycles. The molecule has 0 radical (unpaired) electrons. The molecule has 0 fully saturated rings. The second kappa shape index (κ2) is 4.66. The van der Waals surface area contributed by atoms with Crippen LogP contribution in [0.1, 0.15) is 11.1 Å². The minimum Gasteiger partial charge on any atom is -0.335 e. The molecule has 5 nitrogen and oxygen atoms in total. The van der Waals surface area contributed by atoms with Crippen LogP contribution in [-0.2, 0) is 22.7 Å². The van der Waals surface area contributed by atoms with Crippen molar-refractivity contribution >= 4 is 11.8 Å². The van der Waals surface area contributed by atoms with E-state index in [0.717, 1.165) is 11.1 Å². The zero-order valence-electron chi connectivity index (χ0n) is 9.14. The first-order valence-corrected chi connectivity index (χ1v) is 5.23. The van der Waals surface area contributed by atoms with Crippen LogP contribution in [0.3, 0.4) is 0 Å². The number of nitrogens with zero attached hydrogens (tertiary/aromatic N) is 2. The van der Waals surface area contributed by atoms with Gasteiger partial charge >= 0.3 is 11.8 Å². The highest BCUT2D eigenvalue weighted by atomic mass is 16.2. The van der Waals surface area contributed by atoms with Crippen molar-refractivity contribution in [3.63, 3.8) is 0 Å².